The molecule has 0 radical (unpaired) electrons. The van der Waals surface area contributed by atoms with E-state index in [1.165, 1.54) is 33.5 Å². The highest BCUT2D eigenvalue weighted by molar-refractivity contribution is 7.80. The minimum atomic E-state index is -0.529. The summed E-state index contributed by atoms with van der Waals surface area (Å²) in [6.07, 6.45) is 0. The summed E-state index contributed by atoms with van der Waals surface area (Å²) in [6, 6.07) is 9.47. The molecule has 3 N–H and O–H groups in total. The fraction of sp³-hybridized carbons (Fsp3) is 0.286. The predicted octanol–water partition coefficient (Wildman–Crippen LogP) is 1.69. The second-order valence-corrected chi connectivity index (χ2v) is 6.55. The molecule has 172 valence electrons. The summed E-state index contributed by atoms with van der Waals surface area (Å²) in [7, 11) is 5.94. The zero-order valence-electron chi connectivity index (χ0n) is 18.1. The van der Waals surface area contributed by atoms with Crippen molar-refractivity contribution in [1.29, 1.82) is 0 Å². The van der Waals surface area contributed by atoms with Gasteiger partial charge in [-0.1, -0.05) is 0 Å². The Kier molecular flexibility index (Phi) is 9.51. The number of benzene rings is 2. The molecule has 2 amide bonds. The summed E-state index contributed by atoms with van der Waals surface area (Å²) in [5, 5.41) is 2.39. The Bertz CT molecular complexity index is 926. The first-order valence-corrected chi connectivity index (χ1v) is 9.77. The van der Waals surface area contributed by atoms with Crippen molar-refractivity contribution in [2.24, 2.45) is 0 Å². The Morgan fingerprint density at radius 1 is 0.812 bits per heavy atom. The molecule has 2 rings (SSSR count). The third kappa shape index (κ3) is 6.72. The van der Waals surface area contributed by atoms with Crippen LogP contribution in [-0.4, -0.2) is 58.6 Å². The minimum absolute atomic E-state index is 0.0868. The molecule has 0 bridgehead atoms. The van der Waals surface area contributed by atoms with E-state index >= 15 is 0 Å². The number of amides is 2. The molecule has 0 aliphatic rings. The van der Waals surface area contributed by atoms with Crippen molar-refractivity contribution in [2.75, 3.05) is 41.7 Å². The summed E-state index contributed by atoms with van der Waals surface area (Å²) in [4.78, 5) is 24.8. The summed E-state index contributed by atoms with van der Waals surface area (Å²) in [5.41, 5.74) is 5.48. The van der Waals surface area contributed by atoms with Crippen molar-refractivity contribution in [3.63, 3.8) is 0 Å². The fourth-order valence-electron chi connectivity index (χ4n) is 2.55. The van der Waals surface area contributed by atoms with Gasteiger partial charge in [0.25, 0.3) is 11.8 Å². The molecule has 0 aliphatic heterocycles. The van der Waals surface area contributed by atoms with Gasteiger partial charge in [-0.2, -0.15) is 0 Å². The smallest absolute Gasteiger partial charge is 0.269 e. The van der Waals surface area contributed by atoms with Crippen LogP contribution < -0.4 is 35.1 Å². The molecule has 0 heterocycles. The Morgan fingerprint density at radius 3 is 1.97 bits per heavy atom. The maximum Gasteiger partial charge on any atom is 0.269 e. The lowest BCUT2D eigenvalue weighted by molar-refractivity contribution is 0.0934. The van der Waals surface area contributed by atoms with E-state index in [4.69, 9.17) is 35.9 Å². The van der Waals surface area contributed by atoms with Gasteiger partial charge < -0.3 is 23.7 Å². The number of nitrogens with one attached hydrogen (secondary N) is 3. The van der Waals surface area contributed by atoms with E-state index in [2.05, 4.69) is 16.2 Å². The van der Waals surface area contributed by atoms with E-state index in [-0.39, 0.29) is 10.7 Å². The average molecular weight is 464 g/mol. The topological polar surface area (TPSA) is 116 Å². The molecule has 0 saturated carbocycles. The summed E-state index contributed by atoms with van der Waals surface area (Å²) in [6.45, 7) is 0.867. The molecule has 11 heteroatoms. The number of carbonyl (C=O) groups is 2. The van der Waals surface area contributed by atoms with E-state index in [9.17, 15) is 9.59 Å². The average Bonchev–Trinajstić information content (AvgIpc) is 2.81. The first-order valence-electron chi connectivity index (χ1n) is 9.37. The molecule has 0 saturated heterocycles. The second kappa shape index (κ2) is 12.3. The van der Waals surface area contributed by atoms with Crippen LogP contribution in [0.3, 0.4) is 0 Å². The highest BCUT2D eigenvalue weighted by Crippen LogP contribution is 2.38. The molecule has 0 spiro atoms. The maximum atomic E-state index is 12.5. The summed E-state index contributed by atoms with van der Waals surface area (Å²) in [5.74, 6) is 0.630. The van der Waals surface area contributed by atoms with E-state index < -0.39 is 11.8 Å². The number of methoxy groups -OCH3 is 4. The van der Waals surface area contributed by atoms with Gasteiger partial charge in [0.1, 0.15) is 12.4 Å². The molecule has 32 heavy (non-hydrogen) atoms. The van der Waals surface area contributed by atoms with Crippen molar-refractivity contribution in [2.45, 2.75) is 0 Å². The van der Waals surface area contributed by atoms with Crippen LogP contribution in [0.4, 0.5) is 0 Å². The van der Waals surface area contributed by atoms with Gasteiger partial charge in [-0.05, 0) is 48.6 Å². The lowest BCUT2D eigenvalue weighted by Crippen LogP contribution is -2.48. The van der Waals surface area contributed by atoms with Crippen molar-refractivity contribution < 1.29 is 33.3 Å². The number of hydrogen-bond donors (Lipinski definition) is 3. The molecule has 0 aliphatic carbocycles. The quantitative estimate of drug-likeness (QED) is 0.290. The summed E-state index contributed by atoms with van der Waals surface area (Å²) >= 11 is 5.07. The van der Waals surface area contributed by atoms with Crippen LogP contribution in [0.25, 0.3) is 0 Å². The number of hydrogen-bond acceptors (Lipinski definition) is 8. The normalized spacial score (nSPS) is 10.0. The largest absolute Gasteiger partial charge is 0.493 e. The van der Waals surface area contributed by atoms with E-state index in [1.54, 1.807) is 31.4 Å². The monoisotopic (exact) mass is 463 g/mol. The van der Waals surface area contributed by atoms with E-state index in [1.807, 2.05) is 0 Å². The lowest BCUT2D eigenvalue weighted by Gasteiger charge is -2.15. The SMILES string of the molecule is COCCOc1ccc(C(=O)NC(=S)NNC(=O)c2cc(OC)c(OC)c(OC)c2)cc1. The van der Waals surface area contributed by atoms with Crippen LogP contribution in [0.15, 0.2) is 36.4 Å². The molecule has 0 fully saturated rings. The fourth-order valence-corrected chi connectivity index (χ4v) is 2.69. The highest BCUT2D eigenvalue weighted by Gasteiger charge is 2.17. The van der Waals surface area contributed by atoms with Gasteiger partial charge in [-0.25, -0.2) is 0 Å². The number of thiocarbonyl (C=S) groups is 1. The standard InChI is InChI=1S/C21H25N3O7S/c1-27-9-10-31-15-7-5-13(6-8-15)19(25)22-21(32)24-23-20(26)14-11-16(28-2)18(30-4)17(12-14)29-3/h5-8,11-12H,9-10H2,1-4H3,(H,23,26)(H2,22,24,25,32). The molecular weight excluding hydrogens is 438 g/mol. The van der Waals surface area contributed by atoms with Gasteiger partial charge in [0, 0.05) is 18.2 Å². The Balaban J connectivity index is 1.92. The van der Waals surface area contributed by atoms with Crippen molar-refractivity contribution in [3.8, 4) is 23.0 Å². The number of rotatable bonds is 9. The Morgan fingerprint density at radius 2 is 1.44 bits per heavy atom. The van der Waals surface area contributed by atoms with Gasteiger partial charge in [-0.3, -0.25) is 25.8 Å². The zero-order chi connectivity index (χ0) is 23.5. The Hall–Kier alpha value is -3.57. The number of ether oxygens (including phenoxy) is 5. The zero-order valence-corrected chi connectivity index (χ0v) is 19.0. The third-order valence-corrected chi connectivity index (χ3v) is 4.32. The van der Waals surface area contributed by atoms with Gasteiger partial charge >= 0.3 is 0 Å². The Labute approximate surface area is 191 Å². The molecule has 2 aromatic carbocycles. The van der Waals surface area contributed by atoms with E-state index in [0.717, 1.165) is 0 Å². The van der Waals surface area contributed by atoms with Crippen LogP contribution >= 0.6 is 12.2 Å². The number of hydrazine groups is 1. The molecular formula is C21H25N3O7S. The van der Waals surface area contributed by atoms with Gasteiger partial charge in [0.15, 0.2) is 16.6 Å². The minimum Gasteiger partial charge on any atom is -0.493 e. The van der Waals surface area contributed by atoms with Crippen LogP contribution in [0.5, 0.6) is 23.0 Å². The van der Waals surface area contributed by atoms with Gasteiger partial charge in [0.2, 0.25) is 5.75 Å². The second-order valence-electron chi connectivity index (χ2n) is 6.14. The number of carbonyl (C=O) groups excluding carboxylic acids is 2. The predicted molar refractivity (Wildman–Crippen MR) is 121 cm³/mol. The molecule has 0 aromatic heterocycles. The molecule has 10 nitrogen and oxygen atoms in total. The molecule has 2 aromatic rings. The van der Waals surface area contributed by atoms with Crippen molar-refractivity contribution in [1.82, 2.24) is 16.2 Å². The van der Waals surface area contributed by atoms with Gasteiger partial charge in [0.05, 0.1) is 27.9 Å². The third-order valence-electron chi connectivity index (χ3n) is 4.12. The van der Waals surface area contributed by atoms with Crippen LogP contribution in [0.2, 0.25) is 0 Å². The van der Waals surface area contributed by atoms with Crippen molar-refractivity contribution in [3.05, 3.63) is 47.5 Å². The van der Waals surface area contributed by atoms with Crippen LogP contribution in [0.1, 0.15) is 20.7 Å². The molecule has 0 unspecified atom stereocenters. The first kappa shape index (κ1) is 24.7. The van der Waals surface area contributed by atoms with E-state index in [0.29, 0.717) is 41.8 Å². The van der Waals surface area contributed by atoms with Crippen molar-refractivity contribution >= 4 is 29.1 Å². The first-order chi connectivity index (χ1) is 15.4. The maximum absolute atomic E-state index is 12.5. The lowest BCUT2D eigenvalue weighted by atomic mass is 10.1. The molecule has 0 atom stereocenters. The highest BCUT2D eigenvalue weighted by atomic mass is 32.1. The summed E-state index contributed by atoms with van der Waals surface area (Å²) < 4.78 is 26.0. The van der Waals surface area contributed by atoms with Crippen LogP contribution in [0, 0.1) is 0 Å². The van der Waals surface area contributed by atoms with Gasteiger partial charge in [-0.15, -0.1) is 0 Å². The van der Waals surface area contributed by atoms with Crippen LogP contribution in [-0.2, 0) is 4.74 Å².